The van der Waals surface area contributed by atoms with Crippen molar-refractivity contribution in [2.24, 2.45) is 0 Å². The van der Waals surface area contributed by atoms with Gasteiger partial charge in [0.25, 0.3) is 0 Å². The van der Waals surface area contributed by atoms with Crippen molar-refractivity contribution in [1.82, 2.24) is 0 Å². The van der Waals surface area contributed by atoms with Gasteiger partial charge in [-0.2, -0.15) is 0 Å². The quantitative estimate of drug-likeness (QED) is 0.367. The van der Waals surface area contributed by atoms with Crippen LogP contribution in [0.15, 0.2) is 47.9 Å². The molecule has 6 nitrogen and oxygen atoms in total. The van der Waals surface area contributed by atoms with E-state index in [4.69, 9.17) is 32.5 Å². The first-order valence-electron chi connectivity index (χ1n) is 11.4. The molecule has 35 heavy (non-hydrogen) atoms. The molecule has 1 aliphatic rings. The number of allylic oxidation sites excluding steroid dienone is 2. The molecule has 1 fully saturated rings. The van der Waals surface area contributed by atoms with Gasteiger partial charge in [0.15, 0.2) is 0 Å². The third kappa shape index (κ3) is 6.47. The Kier molecular flexibility index (Phi) is 8.38. The first-order chi connectivity index (χ1) is 16.3. The van der Waals surface area contributed by atoms with Gasteiger partial charge < -0.3 is 19.5 Å². The average molecular weight is 519 g/mol. The summed E-state index contributed by atoms with van der Waals surface area (Å²) in [6.45, 7) is 7.87. The van der Waals surface area contributed by atoms with Crippen LogP contribution in [0.25, 0.3) is 0 Å². The molecule has 0 bridgehead atoms. The van der Waals surface area contributed by atoms with Gasteiger partial charge in [0.05, 0.1) is 22.3 Å². The summed E-state index contributed by atoms with van der Waals surface area (Å²) in [5, 5.41) is 20.0. The Morgan fingerprint density at radius 2 is 1.31 bits per heavy atom. The summed E-state index contributed by atoms with van der Waals surface area (Å²) in [6, 6.07) is 9.46. The number of carbonyl (C=O) groups is 2. The third-order valence-electron chi connectivity index (χ3n) is 6.65. The van der Waals surface area contributed by atoms with Gasteiger partial charge in [-0.15, -0.1) is 0 Å². The predicted molar refractivity (Wildman–Crippen MR) is 138 cm³/mol. The second-order valence-corrected chi connectivity index (χ2v) is 10.5. The lowest BCUT2D eigenvalue weighted by atomic mass is 9.74. The maximum Gasteiger partial charge on any atom is 0.490 e. The van der Waals surface area contributed by atoms with Crippen LogP contribution in [0.5, 0.6) is 0 Å². The Hall–Kier alpha value is -2.32. The minimum atomic E-state index is -1.01. The van der Waals surface area contributed by atoms with E-state index in [0.717, 1.165) is 5.47 Å². The van der Waals surface area contributed by atoms with Crippen molar-refractivity contribution in [2.75, 3.05) is 0 Å². The van der Waals surface area contributed by atoms with Gasteiger partial charge >= 0.3 is 19.1 Å². The van der Waals surface area contributed by atoms with Gasteiger partial charge in [0, 0.05) is 10.0 Å². The van der Waals surface area contributed by atoms with Gasteiger partial charge in [-0.25, -0.2) is 9.59 Å². The zero-order valence-electron chi connectivity index (χ0n) is 20.2. The number of carboxylic acids is 2. The number of hydrogen-bond donors (Lipinski definition) is 2. The van der Waals surface area contributed by atoms with Gasteiger partial charge in [0.2, 0.25) is 0 Å². The molecule has 0 saturated carbocycles. The second kappa shape index (κ2) is 10.7. The smallest absolute Gasteiger partial charge is 0.478 e. The molecule has 0 radical (unpaired) electrons. The van der Waals surface area contributed by atoms with Crippen LogP contribution in [0.1, 0.15) is 72.4 Å². The number of aryl methyl sites for hydroxylation is 2. The van der Waals surface area contributed by atoms with Crippen LogP contribution in [-0.4, -0.2) is 40.5 Å². The average Bonchev–Trinajstić information content (AvgIpc) is 2.96. The minimum Gasteiger partial charge on any atom is -0.478 e. The molecular weight excluding hydrogens is 490 g/mol. The molecule has 1 heterocycles. The lowest BCUT2D eigenvalue weighted by Crippen LogP contribution is -2.41. The molecule has 0 aliphatic carbocycles. The summed E-state index contributed by atoms with van der Waals surface area (Å²) in [5.41, 5.74) is 1.45. The van der Waals surface area contributed by atoms with E-state index in [1.54, 1.807) is 24.3 Å². The molecule has 2 aromatic carbocycles. The maximum absolute atomic E-state index is 11.7. The van der Waals surface area contributed by atoms with E-state index in [0.29, 0.717) is 46.9 Å². The van der Waals surface area contributed by atoms with Crippen LogP contribution in [0, 0.1) is 0 Å². The van der Waals surface area contributed by atoms with E-state index in [9.17, 15) is 19.8 Å². The third-order valence-corrected chi connectivity index (χ3v) is 7.12. The van der Waals surface area contributed by atoms with Crippen LogP contribution in [0.4, 0.5) is 0 Å². The zero-order chi connectivity index (χ0) is 26.0. The van der Waals surface area contributed by atoms with Crippen molar-refractivity contribution in [3.8, 4) is 0 Å². The van der Waals surface area contributed by atoms with E-state index < -0.39 is 30.3 Å². The number of hydrogen-bond acceptors (Lipinski definition) is 4. The molecule has 3 rings (SSSR count). The Bertz CT molecular complexity index is 1140. The van der Waals surface area contributed by atoms with E-state index in [1.807, 2.05) is 33.8 Å². The standard InChI is InChI=1S/C26H29BCl2O6/c1-25(2)26(3,4)35-27(34-25)18(9-8-17-15-20(29)11-13-22(17)24(32)33)7-5-6-16-14-19(28)10-12-21(16)23(30)31/h7,10-15H,5-6,8-9H2,1-4H3,(H,30,31)(H,32,33). The fourth-order valence-electron chi connectivity index (χ4n) is 3.96. The van der Waals surface area contributed by atoms with E-state index in [1.165, 1.54) is 12.1 Å². The van der Waals surface area contributed by atoms with Gasteiger partial charge in [-0.1, -0.05) is 29.3 Å². The molecule has 1 saturated heterocycles. The van der Waals surface area contributed by atoms with Crippen LogP contribution in [0.3, 0.4) is 0 Å². The minimum absolute atomic E-state index is 0.202. The van der Waals surface area contributed by atoms with Crippen molar-refractivity contribution < 1.29 is 29.1 Å². The van der Waals surface area contributed by atoms with E-state index >= 15 is 0 Å². The Labute approximate surface area is 216 Å². The van der Waals surface area contributed by atoms with Crippen molar-refractivity contribution in [2.45, 2.75) is 64.6 Å². The molecule has 186 valence electrons. The largest absolute Gasteiger partial charge is 0.490 e. The maximum atomic E-state index is 11.7. The van der Waals surface area contributed by atoms with Crippen LogP contribution >= 0.6 is 23.2 Å². The zero-order valence-corrected chi connectivity index (χ0v) is 21.7. The molecule has 0 spiro atoms. The summed E-state index contributed by atoms with van der Waals surface area (Å²) in [7, 11) is -0.606. The lowest BCUT2D eigenvalue weighted by Gasteiger charge is -2.32. The fourth-order valence-corrected chi connectivity index (χ4v) is 4.35. The van der Waals surface area contributed by atoms with Crippen molar-refractivity contribution in [3.63, 3.8) is 0 Å². The predicted octanol–water partition coefficient (Wildman–Crippen LogP) is 6.51. The molecule has 2 N–H and O–H groups in total. The second-order valence-electron chi connectivity index (χ2n) is 9.62. The molecule has 1 aliphatic heterocycles. The summed E-state index contributed by atoms with van der Waals surface area (Å²) in [4.78, 5) is 23.3. The summed E-state index contributed by atoms with van der Waals surface area (Å²) >= 11 is 12.2. The Morgan fingerprint density at radius 1 is 0.857 bits per heavy atom. The molecule has 0 aromatic heterocycles. The Morgan fingerprint density at radius 3 is 1.77 bits per heavy atom. The van der Waals surface area contributed by atoms with Crippen molar-refractivity contribution in [1.29, 1.82) is 0 Å². The highest BCUT2D eigenvalue weighted by atomic mass is 35.5. The van der Waals surface area contributed by atoms with Crippen LogP contribution < -0.4 is 0 Å². The van der Waals surface area contributed by atoms with Crippen LogP contribution in [-0.2, 0) is 22.2 Å². The molecule has 9 heteroatoms. The normalized spacial score (nSPS) is 17.0. The lowest BCUT2D eigenvalue weighted by molar-refractivity contribution is 0.00578. The molecule has 0 unspecified atom stereocenters. The highest BCUT2D eigenvalue weighted by Crippen LogP contribution is 2.39. The summed E-state index contributed by atoms with van der Waals surface area (Å²) in [5.74, 6) is -2.02. The Balaban J connectivity index is 1.87. The first-order valence-corrected chi connectivity index (χ1v) is 12.1. The van der Waals surface area contributed by atoms with Crippen molar-refractivity contribution >= 4 is 42.3 Å². The van der Waals surface area contributed by atoms with Gasteiger partial charge in [0.1, 0.15) is 0 Å². The monoisotopic (exact) mass is 518 g/mol. The van der Waals surface area contributed by atoms with E-state index in [2.05, 4.69) is 0 Å². The number of benzene rings is 2. The van der Waals surface area contributed by atoms with Crippen LogP contribution in [0.2, 0.25) is 10.0 Å². The highest BCUT2D eigenvalue weighted by molar-refractivity contribution is 6.54. The summed E-state index contributed by atoms with van der Waals surface area (Å²) < 4.78 is 12.5. The molecule has 2 aromatic rings. The van der Waals surface area contributed by atoms with Crippen molar-refractivity contribution in [3.05, 3.63) is 80.2 Å². The SMILES string of the molecule is CC1(C)OB(C(=CCCc2cc(Cl)ccc2C(=O)O)CCc2cc(Cl)ccc2C(=O)O)OC1(C)C. The topological polar surface area (TPSA) is 93.1 Å². The number of rotatable bonds is 9. The van der Waals surface area contributed by atoms with Gasteiger partial charge in [-0.05, 0) is 106 Å². The number of aromatic carboxylic acids is 2. The first kappa shape index (κ1) is 27.3. The molecular formula is C26H29BCl2O6. The fraction of sp³-hybridized carbons (Fsp3) is 0.385. The number of halogens is 2. The van der Waals surface area contributed by atoms with E-state index in [-0.39, 0.29) is 11.1 Å². The molecule has 0 amide bonds. The number of carboxylic acid groups (broad SMARTS) is 2. The van der Waals surface area contributed by atoms with Gasteiger partial charge in [-0.3, -0.25) is 0 Å². The molecule has 0 atom stereocenters. The highest BCUT2D eigenvalue weighted by Gasteiger charge is 2.52. The summed E-state index contributed by atoms with van der Waals surface area (Å²) in [6.07, 6.45) is 3.89.